The molecule has 2 N–H and O–H groups in total. The summed E-state index contributed by atoms with van der Waals surface area (Å²) in [6.45, 7) is 8.90. The standard InChI is InChI=1S/C36H38O16/c1-7-19-33(3)45-25(37)21(26(38)46-33)15-11-9-13-17-23-29(41)49-35(5,50-30(23)42)36(6)51-31(43)24(32(44)52-36)18-14-10-12-16-22-27(39)47-34(4,20-8-2)48-28(22)40/h9-18,41,43H,7-8,19-20H2,1-6H3/b11-9+,12-10?,17-13+,18-14?,21-15?,22-16?. The highest BCUT2D eigenvalue weighted by molar-refractivity contribution is 6.16. The number of hydrogen-bond donors (Lipinski definition) is 2. The Morgan fingerprint density at radius 3 is 1.08 bits per heavy atom. The number of esters is 6. The third-order valence-corrected chi connectivity index (χ3v) is 7.90. The van der Waals surface area contributed by atoms with Gasteiger partial charge in [0.15, 0.2) is 0 Å². The third-order valence-electron chi connectivity index (χ3n) is 7.90. The van der Waals surface area contributed by atoms with E-state index in [-0.39, 0.29) is 11.1 Å². The summed E-state index contributed by atoms with van der Waals surface area (Å²) in [5, 5.41) is 21.1. The van der Waals surface area contributed by atoms with Gasteiger partial charge in [-0.05, 0) is 37.1 Å². The lowest BCUT2D eigenvalue weighted by atomic mass is 10.1. The molecule has 2 unspecified atom stereocenters. The van der Waals surface area contributed by atoms with Gasteiger partial charge < -0.3 is 48.1 Å². The molecule has 2 fully saturated rings. The van der Waals surface area contributed by atoms with E-state index in [1.54, 1.807) is 0 Å². The second-order valence-corrected chi connectivity index (χ2v) is 12.3. The van der Waals surface area contributed by atoms with Gasteiger partial charge in [0.25, 0.3) is 23.5 Å². The van der Waals surface area contributed by atoms with Crippen LogP contribution in [0, 0.1) is 0 Å². The minimum absolute atomic E-state index is 0.330. The van der Waals surface area contributed by atoms with Gasteiger partial charge >= 0.3 is 47.4 Å². The summed E-state index contributed by atoms with van der Waals surface area (Å²) in [5.41, 5.74) is -1.60. The van der Waals surface area contributed by atoms with Crippen LogP contribution in [0.2, 0.25) is 0 Å². The molecule has 0 aromatic carbocycles. The van der Waals surface area contributed by atoms with E-state index >= 15 is 0 Å². The molecule has 0 aliphatic carbocycles. The number of hydrogen-bond acceptors (Lipinski definition) is 16. The van der Waals surface area contributed by atoms with Crippen molar-refractivity contribution in [1.82, 2.24) is 0 Å². The highest BCUT2D eigenvalue weighted by atomic mass is 16.8. The van der Waals surface area contributed by atoms with E-state index in [4.69, 9.17) is 37.9 Å². The summed E-state index contributed by atoms with van der Waals surface area (Å²) < 4.78 is 42.3. The van der Waals surface area contributed by atoms with Crippen LogP contribution in [0.25, 0.3) is 0 Å². The predicted octanol–water partition coefficient (Wildman–Crippen LogP) is 4.42. The number of rotatable bonds is 11. The fourth-order valence-electron chi connectivity index (χ4n) is 5.14. The molecular weight excluding hydrogens is 688 g/mol. The second kappa shape index (κ2) is 15.0. The van der Waals surface area contributed by atoms with Crippen molar-refractivity contribution in [3.63, 3.8) is 0 Å². The maximum absolute atomic E-state index is 12.9. The molecule has 0 aromatic heterocycles. The fourth-order valence-corrected chi connectivity index (χ4v) is 5.14. The average molecular weight is 727 g/mol. The number of allylic oxidation sites excluding steroid dienone is 8. The SMILES string of the molecule is CCCC1(C)OC(=O)C(=CC=CC=CC2=C(O)OC(C)(C3(C)OC(=O)C(/C=C/C=C/C=C4C(=O)OC(C)(CCC)OC4=O)=C(O)O3)OC2=O)C(=O)O1. The minimum Gasteiger partial charge on any atom is -0.480 e. The Labute approximate surface area is 297 Å². The van der Waals surface area contributed by atoms with Crippen LogP contribution in [0.15, 0.2) is 94.9 Å². The first-order chi connectivity index (χ1) is 24.4. The molecule has 4 aliphatic rings. The van der Waals surface area contributed by atoms with Gasteiger partial charge in [0.2, 0.25) is 0 Å². The van der Waals surface area contributed by atoms with E-state index in [1.165, 1.54) is 50.3 Å². The Morgan fingerprint density at radius 2 is 0.788 bits per heavy atom. The topological polar surface area (TPSA) is 217 Å². The van der Waals surface area contributed by atoms with Gasteiger partial charge in [0.1, 0.15) is 22.3 Å². The lowest BCUT2D eigenvalue weighted by Crippen LogP contribution is -2.61. The molecule has 0 radical (unpaired) electrons. The second-order valence-electron chi connectivity index (χ2n) is 12.3. The van der Waals surface area contributed by atoms with Crippen LogP contribution in [-0.2, 0) is 66.7 Å². The summed E-state index contributed by atoms with van der Waals surface area (Å²) in [4.78, 5) is 74.9. The molecule has 2 atom stereocenters. The minimum atomic E-state index is -2.30. The number of carbonyl (C=O) groups excluding carboxylic acids is 6. The van der Waals surface area contributed by atoms with Crippen LogP contribution in [0.5, 0.6) is 0 Å². The van der Waals surface area contributed by atoms with Gasteiger partial charge in [-0.3, -0.25) is 0 Å². The Bertz CT molecular complexity index is 1630. The molecular formula is C36H38O16. The molecule has 0 aromatic rings. The van der Waals surface area contributed by atoms with Crippen LogP contribution >= 0.6 is 0 Å². The number of aliphatic hydroxyl groups excluding tert-OH is 2. The number of carbonyl (C=O) groups is 6. The Kier molecular flexibility index (Phi) is 11.2. The van der Waals surface area contributed by atoms with E-state index in [0.717, 1.165) is 38.2 Å². The molecule has 2 saturated heterocycles. The Hall–Kier alpha value is -6.06. The molecule has 0 saturated carbocycles. The maximum Gasteiger partial charge on any atom is 0.348 e. The number of ether oxygens (including phenoxy) is 8. The Balaban J connectivity index is 1.40. The largest absolute Gasteiger partial charge is 0.480 e. The molecule has 4 rings (SSSR count). The molecule has 0 amide bonds. The smallest absolute Gasteiger partial charge is 0.348 e. The van der Waals surface area contributed by atoms with Crippen molar-refractivity contribution < 1.29 is 76.9 Å². The van der Waals surface area contributed by atoms with Crippen LogP contribution < -0.4 is 0 Å². The first-order valence-corrected chi connectivity index (χ1v) is 16.1. The van der Waals surface area contributed by atoms with Gasteiger partial charge in [0, 0.05) is 40.5 Å². The summed E-state index contributed by atoms with van der Waals surface area (Å²) in [5.74, 6) is -14.9. The van der Waals surface area contributed by atoms with E-state index in [9.17, 15) is 39.0 Å². The molecule has 0 bridgehead atoms. The van der Waals surface area contributed by atoms with Crippen LogP contribution in [-0.4, -0.2) is 69.2 Å². The summed E-state index contributed by atoms with van der Waals surface area (Å²) in [7, 11) is 0. The molecule has 52 heavy (non-hydrogen) atoms. The van der Waals surface area contributed by atoms with Crippen molar-refractivity contribution in [2.24, 2.45) is 0 Å². The zero-order chi connectivity index (χ0) is 38.5. The molecule has 16 heteroatoms. The quantitative estimate of drug-likeness (QED) is 0.0990. The highest BCUT2D eigenvalue weighted by Crippen LogP contribution is 2.42. The van der Waals surface area contributed by atoms with Gasteiger partial charge in [-0.2, -0.15) is 0 Å². The fraction of sp³-hybridized carbons (Fsp3) is 0.389. The third kappa shape index (κ3) is 8.28. The highest BCUT2D eigenvalue weighted by Gasteiger charge is 2.62. The molecule has 0 spiro atoms. The van der Waals surface area contributed by atoms with E-state index in [0.29, 0.717) is 25.7 Å². The van der Waals surface area contributed by atoms with Crippen molar-refractivity contribution >= 4 is 35.8 Å². The van der Waals surface area contributed by atoms with Crippen molar-refractivity contribution in [2.75, 3.05) is 0 Å². The maximum atomic E-state index is 12.9. The average Bonchev–Trinajstić information content (AvgIpc) is 3.01. The lowest BCUT2D eigenvalue weighted by Gasteiger charge is -2.45. The van der Waals surface area contributed by atoms with Crippen LogP contribution in [0.4, 0.5) is 0 Å². The van der Waals surface area contributed by atoms with E-state index < -0.39 is 82.0 Å². The first-order valence-electron chi connectivity index (χ1n) is 16.1. The Morgan fingerprint density at radius 1 is 0.462 bits per heavy atom. The van der Waals surface area contributed by atoms with Gasteiger partial charge in [-0.1, -0.05) is 50.3 Å². The van der Waals surface area contributed by atoms with Crippen molar-refractivity contribution in [3.05, 3.63) is 94.9 Å². The molecule has 4 aliphatic heterocycles. The molecule has 278 valence electrons. The molecule has 16 nitrogen and oxygen atoms in total. The number of aliphatic hydroxyl groups is 2. The normalized spacial score (nSPS) is 29.9. The summed E-state index contributed by atoms with van der Waals surface area (Å²) >= 11 is 0. The van der Waals surface area contributed by atoms with Crippen LogP contribution in [0.1, 0.15) is 67.2 Å². The van der Waals surface area contributed by atoms with Crippen molar-refractivity contribution in [2.45, 2.75) is 90.4 Å². The van der Waals surface area contributed by atoms with Crippen molar-refractivity contribution in [1.29, 1.82) is 0 Å². The van der Waals surface area contributed by atoms with E-state index in [1.807, 2.05) is 13.8 Å². The number of cyclic esters (lactones) is 6. The molecule has 4 heterocycles. The van der Waals surface area contributed by atoms with Crippen LogP contribution in [0.3, 0.4) is 0 Å². The lowest BCUT2D eigenvalue weighted by molar-refractivity contribution is -0.375. The summed E-state index contributed by atoms with van der Waals surface area (Å²) in [6, 6.07) is 0. The summed E-state index contributed by atoms with van der Waals surface area (Å²) in [6.07, 6.45) is 14.2. The van der Waals surface area contributed by atoms with Gasteiger partial charge in [-0.25, -0.2) is 28.8 Å². The zero-order valence-corrected chi connectivity index (χ0v) is 29.2. The van der Waals surface area contributed by atoms with Gasteiger partial charge in [0.05, 0.1) is 0 Å². The zero-order valence-electron chi connectivity index (χ0n) is 29.2. The predicted molar refractivity (Wildman–Crippen MR) is 174 cm³/mol. The first kappa shape index (κ1) is 38.7. The van der Waals surface area contributed by atoms with Gasteiger partial charge in [-0.15, -0.1) is 0 Å². The monoisotopic (exact) mass is 726 g/mol. The van der Waals surface area contributed by atoms with E-state index in [2.05, 4.69) is 0 Å². The van der Waals surface area contributed by atoms with Crippen molar-refractivity contribution in [3.8, 4) is 0 Å².